The zero-order chi connectivity index (χ0) is 15.2. The minimum absolute atomic E-state index is 0.175. The molecule has 0 saturated carbocycles. The first-order valence-electron chi connectivity index (χ1n) is 6.77. The summed E-state index contributed by atoms with van der Waals surface area (Å²) in [7, 11) is 0. The molecule has 5 nitrogen and oxygen atoms in total. The summed E-state index contributed by atoms with van der Waals surface area (Å²) in [5, 5.41) is 15.0. The van der Waals surface area contributed by atoms with E-state index in [1.54, 1.807) is 41.8 Å². The highest BCUT2D eigenvalue weighted by Gasteiger charge is 2.16. The molecule has 0 spiro atoms. The summed E-state index contributed by atoms with van der Waals surface area (Å²) in [6.07, 6.45) is 2.20. The molecule has 0 bridgehead atoms. The summed E-state index contributed by atoms with van der Waals surface area (Å²) >= 11 is 1.58. The van der Waals surface area contributed by atoms with Gasteiger partial charge in [0.1, 0.15) is 5.75 Å². The lowest BCUT2D eigenvalue weighted by Crippen LogP contribution is -2.43. The summed E-state index contributed by atoms with van der Waals surface area (Å²) in [6.45, 7) is 2.54. The van der Waals surface area contributed by atoms with Crippen LogP contribution in [0.5, 0.6) is 5.75 Å². The van der Waals surface area contributed by atoms with Gasteiger partial charge in [-0.25, -0.2) is 4.98 Å². The van der Waals surface area contributed by atoms with Crippen LogP contribution in [0.3, 0.4) is 0 Å². The molecule has 0 radical (unpaired) electrons. The molecule has 4 N–H and O–H groups in total. The van der Waals surface area contributed by atoms with Crippen molar-refractivity contribution in [2.24, 2.45) is 5.73 Å². The number of nitrogens with one attached hydrogen (secondary N) is 1. The molecule has 1 aromatic heterocycles. The smallest absolute Gasteiger partial charge is 0.237 e. The van der Waals surface area contributed by atoms with Gasteiger partial charge in [-0.15, -0.1) is 11.3 Å². The standard InChI is InChI=1S/C15H19N3O2S/c1-10(15-17-6-7-21-15)9-18-14(20)13(16)8-11-2-4-12(19)5-3-11/h2-7,10,13,19H,8-9,16H2,1H3,(H,18,20)/t10?,13-/m1/s1. The molecular formula is C15H19N3O2S. The minimum atomic E-state index is -0.599. The minimum Gasteiger partial charge on any atom is -0.508 e. The number of hydrogen-bond donors (Lipinski definition) is 3. The molecule has 1 amide bonds. The topological polar surface area (TPSA) is 88.2 Å². The van der Waals surface area contributed by atoms with Crippen molar-refractivity contribution < 1.29 is 9.90 Å². The van der Waals surface area contributed by atoms with E-state index in [1.807, 2.05) is 12.3 Å². The third-order valence-electron chi connectivity index (χ3n) is 3.18. The Kier molecular flexibility index (Phi) is 5.30. The molecule has 112 valence electrons. The van der Waals surface area contributed by atoms with Gasteiger partial charge in [0.2, 0.25) is 5.91 Å². The number of amides is 1. The highest BCUT2D eigenvalue weighted by Crippen LogP contribution is 2.16. The van der Waals surface area contributed by atoms with E-state index >= 15 is 0 Å². The van der Waals surface area contributed by atoms with Crippen molar-refractivity contribution in [3.05, 3.63) is 46.4 Å². The number of nitrogens with zero attached hydrogens (tertiary/aromatic N) is 1. The molecule has 2 rings (SSSR count). The predicted octanol–water partition coefficient (Wildman–Crippen LogP) is 1.64. The maximum atomic E-state index is 12.0. The van der Waals surface area contributed by atoms with Gasteiger partial charge in [0.15, 0.2) is 0 Å². The van der Waals surface area contributed by atoms with E-state index < -0.39 is 6.04 Å². The summed E-state index contributed by atoms with van der Waals surface area (Å²) in [5.74, 6) is 0.204. The fraction of sp³-hybridized carbons (Fsp3) is 0.333. The summed E-state index contributed by atoms with van der Waals surface area (Å²) in [4.78, 5) is 16.2. The van der Waals surface area contributed by atoms with E-state index in [1.165, 1.54) is 0 Å². The molecule has 0 aliphatic rings. The normalized spacial score (nSPS) is 13.6. The summed E-state index contributed by atoms with van der Waals surface area (Å²) < 4.78 is 0. The predicted molar refractivity (Wildman–Crippen MR) is 83.3 cm³/mol. The quantitative estimate of drug-likeness (QED) is 0.757. The number of phenols is 1. The first kappa shape index (κ1) is 15.5. The molecule has 0 saturated heterocycles. The fourth-order valence-electron chi connectivity index (χ4n) is 1.93. The van der Waals surface area contributed by atoms with Crippen molar-refractivity contribution in [2.45, 2.75) is 25.3 Å². The van der Waals surface area contributed by atoms with E-state index in [9.17, 15) is 9.90 Å². The number of hydrogen-bond acceptors (Lipinski definition) is 5. The van der Waals surface area contributed by atoms with Gasteiger partial charge in [-0.1, -0.05) is 19.1 Å². The summed E-state index contributed by atoms with van der Waals surface area (Å²) in [6, 6.07) is 6.11. The number of benzene rings is 1. The number of aromatic nitrogens is 1. The first-order chi connectivity index (χ1) is 10.1. The zero-order valence-corrected chi connectivity index (χ0v) is 12.6. The Hall–Kier alpha value is -1.92. The molecule has 2 atom stereocenters. The molecule has 1 unspecified atom stereocenters. The number of thiazole rings is 1. The summed E-state index contributed by atoms with van der Waals surface area (Å²) in [5.41, 5.74) is 6.82. The Labute approximate surface area is 127 Å². The number of rotatable bonds is 6. The molecule has 1 aromatic carbocycles. The van der Waals surface area contributed by atoms with Crippen molar-refractivity contribution in [1.29, 1.82) is 0 Å². The maximum absolute atomic E-state index is 12.0. The highest BCUT2D eigenvalue weighted by molar-refractivity contribution is 7.09. The first-order valence-corrected chi connectivity index (χ1v) is 7.65. The van der Waals surface area contributed by atoms with E-state index in [0.29, 0.717) is 13.0 Å². The third-order valence-corrected chi connectivity index (χ3v) is 4.19. The van der Waals surface area contributed by atoms with Crippen LogP contribution in [0.1, 0.15) is 23.4 Å². The van der Waals surface area contributed by atoms with Crippen molar-refractivity contribution >= 4 is 17.2 Å². The van der Waals surface area contributed by atoms with Gasteiger partial charge < -0.3 is 16.2 Å². The van der Waals surface area contributed by atoms with Crippen LogP contribution in [0.4, 0.5) is 0 Å². The third kappa shape index (κ3) is 4.54. The Bertz CT molecular complexity index is 569. The molecule has 0 fully saturated rings. The van der Waals surface area contributed by atoms with E-state index in [2.05, 4.69) is 10.3 Å². The molecule has 0 aliphatic carbocycles. The van der Waals surface area contributed by atoms with E-state index in [4.69, 9.17) is 5.73 Å². The second kappa shape index (κ2) is 7.19. The lowest BCUT2D eigenvalue weighted by Gasteiger charge is -2.14. The van der Waals surface area contributed by atoms with E-state index in [0.717, 1.165) is 10.6 Å². The second-order valence-electron chi connectivity index (χ2n) is 4.99. The molecule has 0 aliphatic heterocycles. The largest absolute Gasteiger partial charge is 0.508 e. The lowest BCUT2D eigenvalue weighted by molar-refractivity contribution is -0.122. The fourth-order valence-corrected chi connectivity index (χ4v) is 2.63. The van der Waals surface area contributed by atoms with Gasteiger partial charge in [-0.3, -0.25) is 4.79 Å². The average Bonchev–Trinajstić information content (AvgIpc) is 3.01. The number of aromatic hydroxyl groups is 1. The lowest BCUT2D eigenvalue weighted by atomic mass is 10.1. The Morgan fingerprint density at radius 3 is 2.76 bits per heavy atom. The van der Waals surface area contributed by atoms with Crippen LogP contribution in [-0.4, -0.2) is 28.6 Å². The molecular weight excluding hydrogens is 286 g/mol. The van der Waals surface area contributed by atoms with Gasteiger partial charge in [0.05, 0.1) is 11.0 Å². The molecule has 21 heavy (non-hydrogen) atoms. The van der Waals surface area contributed by atoms with Gasteiger partial charge in [-0.05, 0) is 24.1 Å². The monoisotopic (exact) mass is 305 g/mol. The number of nitrogens with two attached hydrogens (primary N) is 1. The van der Waals surface area contributed by atoms with Gasteiger partial charge in [-0.2, -0.15) is 0 Å². The Morgan fingerprint density at radius 2 is 2.14 bits per heavy atom. The average molecular weight is 305 g/mol. The van der Waals surface area contributed by atoms with Crippen molar-refractivity contribution in [3.63, 3.8) is 0 Å². The number of carbonyl (C=O) groups is 1. The van der Waals surface area contributed by atoms with Crippen molar-refractivity contribution in [2.75, 3.05) is 6.54 Å². The van der Waals surface area contributed by atoms with E-state index in [-0.39, 0.29) is 17.6 Å². The highest BCUT2D eigenvalue weighted by atomic mass is 32.1. The SMILES string of the molecule is CC(CNC(=O)[C@H](N)Cc1ccc(O)cc1)c1nccs1. The second-order valence-corrected chi connectivity index (χ2v) is 5.92. The van der Waals surface area contributed by atoms with Crippen LogP contribution in [0, 0.1) is 0 Å². The molecule has 1 heterocycles. The van der Waals surface area contributed by atoms with Gasteiger partial charge >= 0.3 is 0 Å². The molecule has 2 aromatic rings. The molecule has 6 heteroatoms. The van der Waals surface area contributed by atoms with Gasteiger partial charge in [0, 0.05) is 24.0 Å². The van der Waals surface area contributed by atoms with Crippen LogP contribution in [0.2, 0.25) is 0 Å². The van der Waals surface area contributed by atoms with Crippen LogP contribution in [0.15, 0.2) is 35.8 Å². The zero-order valence-electron chi connectivity index (χ0n) is 11.8. The Morgan fingerprint density at radius 1 is 1.43 bits per heavy atom. The van der Waals surface area contributed by atoms with Crippen molar-refractivity contribution in [1.82, 2.24) is 10.3 Å². The van der Waals surface area contributed by atoms with Crippen LogP contribution in [0.25, 0.3) is 0 Å². The van der Waals surface area contributed by atoms with Crippen molar-refractivity contribution in [3.8, 4) is 5.75 Å². The van der Waals surface area contributed by atoms with Crippen LogP contribution in [-0.2, 0) is 11.2 Å². The Balaban J connectivity index is 1.81. The van der Waals surface area contributed by atoms with Crippen LogP contribution < -0.4 is 11.1 Å². The number of phenolic OH excluding ortho intramolecular Hbond substituents is 1. The number of carbonyl (C=O) groups excluding carboxylic acids is 1. The van der Waals surface area contributed by atoms with Crippen LogP contribution >= 0.6 is 11.3 Å². The maximum Gasteiger partial charge on any atom is 0.237 e. The van der Waals surface area contributed by atoms with Gasteiger partial charge in [0.25, 0.3) is 0 Å².